The molecule has 5 aromatic carbocycles. The molecule has 10 heteroatoms. The molecule has 0 radical (unpaired) electrons. The lowest BCUT2D eigenvalue weighted by Crippen LogP contribution is -2.39. The lowest BCUT2D eigenvalue weighted by molar-refractivity contribution is 0.451. The van der Waals surface area contributed by atoms with Crippen LogP contribution in [-0.4, -0.2) is 38.9 Å². The van der Waals surface area contributed by atoms with Crippen molar-refractivity contribution in [2.24, 2.45) is 14.1 Å². The largest absolute Gasteiger partial charge is 0.332 e. The van der Waals surface area contributed by atoms with Gasteiger partial charge in [-0.15, -0.1) is 5.10 Å². The van der Waals surface area contributed by atoms with E-state index in [-0.39, 0.29) is 5.56 Å². The van der Waals surface area contributed by atoms with Gasteiger partial charge >= 0.3 is 5.69 Å². The van der Waals surface area contributed by atoms with Crippen LogP contribution in [0.3, 0.4) is 0 Å². The van der Waals surface area contributed by atoms with Crippen molar-refractivity contribution in [1.82, 2.24) is 38.9 Å². The number of hydrogen-bond acceptors (Lipinski definition) is 6. The summed E-state index contributed by atoms with van der Waals surface area (Å²) in [5.41, 5.74) is 5.92. The first-order chi connectivity index (χ1) is 26.4. The fourth-order valence-electron chi connectivity index (χ4n) is 7.36. The van der Waals surface area contributed by atoms with E-state index in [0.29, 0.717) is 29.4 Å². The Balaban J connectivity index is 1.25. The molecule has 266 valence electrons. The fraction of sp³-hybridized carbons (Fsp3) is 0.136. The minimum absolute atomic E-state index is 0.361. The third-order valence-electron chi connectivity index (χ3n) is 10.0. The van der Waals surface area contributed by atoms with Gasteiger partial charge in [0.2, 0.25) is 0 Å². The monoisotopic (exact) mass is 710 g/mol. The van der Waals surface area contributed by atoms with Crippen molar-refractivity contribution < 1.29 is 0 Å². The average Bonchev–Trinajstić information content (AvgIpc) is 3.86. The summed E-state index contributed by atoms with van der Waals surface area (Å²) in [7, 11) is 3.14. The van der Waals surface area contributed by atoms with Gasteiger partial charge in [0.1, 0.15) is 11.4 Å². The van der Waals surface area contributed by atoms with E-state index in [1.807, 2.05) is 95.1 Å². The molecule has 0 aliphatic heterocycles. The fourth-order valence-corrected chi connectivity index (χ4v) is 7.36. The lowest BCUT2D eigenvalue weighted by Gasteiger charge is -2.36. The zero-order valence-corrected chi connectivity index (χ0v) is 30.2. The molecule has 0 fully saturated rings. The van der Waals surface area contributed by atoms with Gasteiger partial charge in [0.15, 0.2) is 17.0 Å². The van der Waals surface area contributed by atoms with Crippen molar-refractivity contribution >= 4 is 17.2 Å². The molecule has 0 unspecified atom stereocenters. The Bertz CT molecular complexity index is 2630. The van der Waals surface area contributed by atoms with E-state index in [9.17, 15) is 9.59 Å². The number of tetrazole rings is 1. The Kier molecular flexibility index (Phi) is 9.00. The first-order valence-corrected chi connectivity index (χ1v) is 17.9. The zero-order valence-electron chi connectivity index (χ0n) is 30.2. The minimum atomic E-state index is -0.891. The van der Waals surface area contributed by atoms with Crippen LogP contribution in [0.15, 0.2) is 155 Å². The average molecular weight is 711 g/mol. The number of nitrogens with zero attached hydrogens (tertiary/aromatic N) is 8. The summed E-state index contributed by atoms with van der Waals surface area (Å²) in [5, 5.41) is 13.8. The van der Waals surface area contributed by atoms with Gasteiger partial charge in [-0.1, -0.05) is 153 Å². The van der Waals surface area contributed by atoms with Crippen LogP contribution >= 0.6 is 0 Å². The number of allylic oxidation sites excluding steroid dienone is 1. The van der Waals surface area contributed by atoms with Crippen LogP contribution in [0.4, 0.5) is 0 Å². The van der Waals surface area contributed by atoms with Crippen molar-refractivity contribution in [3.8, 4) is 22.5 Å². The number of benzene rings is 5. The topological polar surface area (TPSA) is 105 Å². The van der Waals surface area contributed by atoms with Crippen molar-refractivity contribution in [3.63, 3.8) is 0 Å². The van der Waals surface area contributed by atoms with Crippen LogP contribution < -0.4 is 11.2 Å². The van der Waals surface area contributed by atoms with Gasteiger partial charge in [0.25, 0.3) is 5.56 Å². The first-order valence-electron chi connectivity index (χ1n) is 17.9. The van der Waals surface area contributed by atoms with E-state index in [2.05, 4.69) is 78.0 Å². The molecule has 0 N–H and O–H groups in total. The Morgan fingerprint density at radius 3 is 1.80 bits per heavy atom. The predicted octanol–water partition coefficient (Wildman–Crippen LogP) is 7.07. The van der Waals surface area contributed by atoms with Gasteiger partial charge in [0, 0.05) is 26.2 Å². The highest BCUT2D eigenvalue weighted by molar-refractivity contribution is 5.81. The van der Waals surface area contributed by atoms with Crippen LogP contribution in [-0.2, 0) is 26.2 Å². The minimum Gasteiger partial charge on any atom is -0.314 e. The maximum Gasteiger partial charge on any atom is 0.332 e. The van der Waals surface area contributed by atoms with Gasteiger partial charge in [-0.25, -0.2) is 14.5 Å². The second-order valence-electron chi connectivity index (χ2n) is 13.2. The zero-order chi connectivity index (χ0) is 37.2. The lowest BCUT2D eigenvalue weighted by atomic mass is 9.77. The second kappa shape index (κ2) is 14.2. The maximum atomic E-state index is 13.4. The molecular formula is C44H38N8O2. The van der Waals surface area contributed by atoms with E-state index in [4.69, 9.17) is 15.3 Å². The molecule has 0 atom stereocenters. The summed E-state index contributed by atoms with van der Waals surface area (Å²) in [6.45, 7) is 2.43. The molecule has 0 saturated carbocycles. The SMILES string of the molecule is CC/C=C/c1nc2c(c(=O)n(C)c(=O)n2C)n1Cc1ccc(-c2ccccc2-c2nnnn2C(c2ccccc2)(c2ccccc2)c2ccccc2)cc1. The van der Waals surface area contributed by atoms with Crippen LogP contribution in [0, 0.1) is 0 Å². The first kappa shape index (κ1) is 34.2. The summed E-state index contributed by atoms with van der Waals surface area (Å²) in [5.74, 6) is 1.23. The number of rotatable bonds is 10. The quantitative estimate of drug-likeness (QED) is 0.141. The highest BCUT2D eigenvalue weighted by Gasteiger charge is 2.42. The number of aryl methyl sites for hydroxylation is 1. The summed E-state index contributed by atoms with van der Waals surface area (Å²) >= 11 is 0. The molecule has 0 bridgehead atoms. The third-order valence-corrected chi connectivity index (χ3v) is 10.0. The van der Waals surface area contributed by atoms with Gasteiger partial charge < -0.3 is 4.57 Å². The summed E-state index contributed by atoms with van der Waals surface area (Å²) < 4.78 is 6.38. The molecule has 0 amide bonds. The van der Waals surface area contributed by atoms with E-state index >= 15 is 0 Å². The molecule has 0 aliphatic carbocycles. The third kappa shape index (κ3) is 5.68. The maximum absolute atomic E-state index is 13.4. The molecule has 0 aliphatic rings. The Hall–Kier alpha value is -6.94. The second-order valence-corrected chi connectivity index (χ2v) is 13.2. The number of hydrogen-bond donors (Lipinski definition) is 0. The molecule has 3 heterocycles. The molecule has 54 heavy (non-hydrogen) atoms. The Labute approximate surface area is 311 Å². The molecular weight excluding hydrogens is 673 g/mol. The van der Waals surface area contributed by atoms with Crippen molar-refractivity contribution in [1.29, 1.82) is 0 Å². The number of fused-ring (bicyclic) bond motifs is 1. The standard InChI is InChI=1S/C44H38N8O2/c1-4-5-25-38-45-41-39(42(53)50(3)43(54)49(41)2)51(38)30-31-26-28-32(29-27-31)36-23-15-16-24-37(36)40-46-47-48-52(40)44(33-17-9-6-10-18-33,34-19-11-7-12-20-34)35-21-13-8-14-22-35/h5-29H,4,30H2,1-3H3/b25-5+. The van der Waals surface area contributed by atoms with E-state index < -0.39 is 11.2 Å². The van der Waals surface area contributed by atoms with Crippen molar-refractivity contribution in [3.05, 3.63) is 195 Å². The molecule has 8 rings (SSSR count). The number of aromatic nitrogens is 8. The summed E-state index contributed by atoms with van der Waals surface area (Å²) in [6.07, 6.45) is 4.70. The highest BCUT2D eigenvalue weighted by Crippen LogP contribution is 2.43. The van der Waals surface area contributed by atoms with Crippen LogP contribution in [0.5, 0.6) is 0 Å². The molecule has 0 spiro atoms. The number of imidazole rings is 1. The van der Waals surface area contributed by atoms with E-state index in [0.717, 1.165) is 49.9 Å². The van der Waals surface area contributed by atoms with Gasteiger partial charge in [-0.3, -0.25) is 13.9 Å². The smallest absolute Gasteiger partial charge is 0.314 e. The normalized spacial score (nSPS) is 11.8. The van der Waals surface area contributed by atoms with Crippen LogP contribution in [0.1, 0.15) is 41.4 Å². The van der Waals surface area contributed by atoms with E-state index in [1.54, 1.807) is 7.05 Å². The summed E-state index contributed by atoms with van der Waals surface area (Å²) in [6, 6.07) is 47.5. The van der Waals surface area contributed by atoms with Crippen LogP contribution in [0.2, 0.25) is 0 Å². The molecule has 3 aromatic heterocycles. The van der Waals surface area contributed by atoms with Crippen LogP contribution in [0.25, 0.3) is 39.8 Å². The molecule has 10 nitrogen and oxygen atoms in total. The van der Waals surface area contributed by atoms with Gasteiger partial charge in [0.05, 0.1) is 0 Å². The Morgan fingerprint density at radius 2 is 1.22 bits per heavy atom. The van der Waals surface area contributed by atoms with E-state index in [1.165, 1.54) is 11.6 Å². The van der Waals surface area contributed by atoms with Crippen molar-refractivity contribution in [2.75, 3.05) is 0 Å². The summed E-state index contributed by atoms with van der Waals surface area (Å²) in [4.78, 5) is 30.8. The molecule has 0 saturated heterocycles. The highest BCUT2D eigenvalue weighted by atomic mass is 16.2. The predicted molar refractivity (Wildman–Crippen MR) is 212 cm³/mol. The van der Waals surface area contributed by atoms with Gasteiger partial charge in [-0.2, -0.15) is 0 Å². The Morgan fingerprint density at radius 1 is 0.667 bits per heavy atom. The molecule has 8 aromatic rings. The van der Waals surface area contributed by atoms with Gasteiger partial charge in [-0.05, 0) is 56.3 Å². The van der Waals surface area contributed by atoms with Crippen molar-refractivity contribution in [2.45, 2.75) is 25.4 Å².